The molecule has 0 unspecified atom stereocenters. The largest absolute Gasteiger partial charge is 0.467 e. The molecular weight excluding hydrogens is 390 g/mol. The monoisotopic (exact) mass is 415 g/mol. The smallest absolute Gasteiger partial charge is 0.276 e. The molecule has 1 aliphatic heterocycles. The minimum Gasteiger partial charge on any atom is -0.467 e. The van der Waals surface area contributed by atoms with Crippen molar-refractivity contribution in [1.82, 2.24) is 24.8 Å². The highest BCUT2D eigenvalue weighted by molar-refractivity contribution is 5.93. The molecule has 2 aromatic heterocycles. The Morgan fingerprint density at radius 2 is 2.10 bits per heavy atom. The zero-order chi connectivity index (χ0) is 19.7. The number of rotatable bonds is 5. The first-order valence-electron chi connectivity index (χ1n) is 9.62. The molecule has 4 rings (SSSR count). The van der Waals surface area contributed by atoms with E-state index in [0.717, 1.165) is 43.2 Å². The molecule has 0 saturated carbocycles. The Hall–Kier alpha value is -2.64. The molecule has 3 heterocycles. The van der Waals surface area contributed by atoms with Crippen LogP contribution >= 0.6 is 12.4 Å². The van der Waals surface area contributed by atoms with Crippen molar-refractivity contribution >= 4 is 18.3 Å². The van der Waals surface area contributed by atoms with E-state index in [4.69, 9.17) is 4.42 Å². The van der Waals surface area contributed by atoms with Crippen molar-refractivity contribution < 1.29 is 9.21 Å². The Bertz CT molecular complexity index is 983. The predicted molar refractivity (Wildman–Crippen MR) is 113 cm³/mol. The van der Waals surface area contributed by atoms with E-state index in [1.807, 2.05) is 19.1 Å². The number of furan rings is 1. The van der Waals surface area contributed by atoms with Crippen LogP contribution in [-0.4, -0.2) is 50.8 Å². The summed E-state index contributed by atoms with van der Waals surface area (Å²) in [4.78, 5) is 16.9. The lowest BCUT2D eigenvalue weighted by Gasteiger charge is -2.29. The van der Waals surface area contributed by atoms with Crippen molar-refractivity contribution in [2.45, 2.75) is 33.4 Å². The summed E-state index contributed by atoms with van der Waals surface area (Å²) in [6, 6.07) is 9.95. The van der Waals surface area contributed by atoms with Crippen LogP contribution in [0.3, 0.4) is 0 Å². The fraction of sp³-hybridized carbons (Fsp3) is 0.381. The molecule has 8 heteroatoms. The van der Waals surface area contributed by atoms with Crippen LogP contribution in [0.25, 0.3) is 5.69 Å². The molecule has 0 aliphatic carbocycles. The van der Waals surface area contributed by atoms with Crippen LogP contribution in [0.5, 0.6) is 0 Å². The molecule has 154 valence electrons. The van der Waals surface area contributed by atoms with E-state index >= 15 is 0 Å². The maximum atomic E-state index is 12.9. The van der Waals surface area contributed by atoms with Crippen molar-refractivity contribution in [3.8, 4) is 5.69 Å². The average Bonchev–Trinajstić information content (AvgIpc) is 3.36. The van der Waals surface area contributed by atoms with Crippen LogP contribution < -0.4 is 0 Å². The van der Waals surface area contributed by atoms with E-state index in [1.54, 1.807) is 22.9 Å². The minimum absolute atomic E-state index is 0. The molecule has 0 bridgehead atoms. The van der Waals surface area contributed by atoms with E-state index in [-0.39, 0.29) is 18.3 Å². The van der Waals surface area contributed by atoms with E-state index < -0.39 is 0 Å². The van der Waals surface area contributed by atoms with Gasteiger partial charge < -0.3 is 9.32 Å². The molecular formula is C21H26ClN5O2. The predicted octanol–water partition coefficient (Wildman–Crippen LogP) is 3.24. The highest BCUT2D eigenvalue weighted by Gasteiger charge is 2.24. The summed E-state index contributed by atoms with van der Waals surface area (Å²) in [6.45, 7) is 7.51. The van der Waals surface area contributed by atoms with Crippen LogP contribution in [0, 0.1) is 6.92 Å². The second-order valence-corrected chi connectivity index (χ2v) is 7.21. The van der Waals surface area contributed by atoms with Crippen molar-refractivity contribution in [2.75, 3.05) is 20.1 Å². The summed E-state index contributed by atoms with van der Waals surface area (Å²) in [5.74, 6) is 0.570. The summed E-state index contributed by atoms with van der Waals surface area (Å²) in [5, 5.41) is 8.52. The maximum Gasteiger partial charge on any atom is 0.276 e. The lowest BCUT2D eigenvalue weighted by Crippen LogP contribution is -2.31. The van der Waals surface area contributed by atoms with Gasteiger partial charge in [-0.15, -0.1) is 17.5 Å². The number of halogens is 1. The molecule has 0 saturated heterocycles. The summed E-state index contributed by atoms with van der Waals surface area (Å²) in [6.07, 6.45) is 2.58. The third kappa shape index (κ3) is 4.06. The van der Waals surface area contributed by atoms with Gasteiger partial charge in [0.05, 0.1) is 24.2 Å². The molecule has 0 spiro atoms. The van der Waals surface area contributed by atoms with Crippen molar-refractivity contribution in [3.63, 3.8) is 0 Å². The summed E-state index contributed by atoms with van der Waals surface area (Å²) >= 11 is 0. The van der Waals surface area contributed by atoms with Crippen molar-refractivity contribution in [2.24, 2.45) is 0 Å². The Morgan fingerprint density at radius 1 is 1.28 bits per heavy atom. The van der Waals surface area contributed by atoms with Gasteiger partial charge >= 0.3 is 0 Å². The number of aromatic nitrogens is 3. The van der Waals surface area contributed by atoms with Gasteiger partial charge in [-0.2, -0.15) is 0 Å². The zero-order valence-corrected chi connectivity index (χ0v) is 17.8. The number of likely N-dealkylation sites (N-methyl/N-ethyl adjacent to an activating group) is 1. The second-order valence-electron chi connectivity index (χ2n) is 7.21. The molecule has 7 nitrogen and oxygen atoms in total. The van der Waals surface area contributed by atoms with Gasteiger partial charge in [0.25, 0.3) is 5.91 Å². The number of benzene rings is 1. The first-order valence-corrected chi connectivity index (χ1v) is 9.62. The quantitative estimate of drug-likeness (QED) is 0.640. The number of amides is 1. The van der Waals surface area contributed by atoms with Crippen LogP contribution in [0.1, 0.15) is 40.0 Å². The lowest BCUT2D eigenvalue weighted by atomic mass is 9.97. The summed E-state index contributed by atoms with van der Waals surface area (Å²) in [5.41, 5.74) is 4.76. The standard InChI is InChI=1S/C21H25N5O2.ClH/c1-4-25-11-10-18-16(13-25)7-5-9-19(18)26-15(2)20(22-23-26)21(27)24(3)14-17-8-6-12-28-17;/h5-9,12H,4,10-11,13-14H2,1-3H3;1H. The van der Waals surface area contributed by atoms with E-state index in [0.29, 0.717) is 12.2 Å². The number of fused-ring (bicyclic) bond motifs is 1. The van der Waals surface area contributed by atoms with Gasteiger partial charge in [-0.25, -0.2) is 4.68 Å². The number of nitrogens with zero attached hydrogens (tertiary/aromatic N) is 5. The lowest BCUT2D eigenvalue weighted by molar-refractivity contribution is 0.0769. The molecule has 0 radical (unpaired) electrons. The van der Waals surface area contributed by atoms with Crippen molar-refractivity contribution in [3.05, 3.63) is 64.9 Å². The number of hydrogen-bond donors (Lipinski definition) is 0. The molecule has 1 aromatic carbocycles. The zero-order valence-electron chi connectivity index (χ0n) is 17.0. The van der Waals surface area contributed by atoms with E-state index in [9.17, 15) is 4.79 Å². The van der Waals surface area contributed by atoms with Gasteiger partial charge in [-0.1, -0.05) is 24.3 Å². The molecule has 1 aliphatic rings. The van der Waals surface area contributed by atoms with Crippen LogP contribution in [0.2, 0.25) is 0 Å². The summed E-state index contributed by atoms with van der Waals surface area (Å²) < 4.78 is 7.14. The fourth-order valence-electron chi connectivity index (χ4n) is 3.76. The van der Waals surface area contributed by atoms with Crippen LogP contribution in [0.4, 0.5) is 0 Å². The van der Waals surface area contributed by atoms with Gasteiger partial charge in [0.15, 0.2) is 5.69 Å². The molecule has 0 atom stereocenters. The number of hydrogen-bond acceptors (Lipinski definition) is 5. The Balaban J connectivity index is 0.00000240. The van der Waals surface area contributed by atoms with E-state index in [1.165, 1.54) is 11.1 Å². The summed E-state index contributed by atoms with van der Waals surface area (Å²) in [7, 11) is 1.74. The first-order chi connectivity index (χ1) is 13.6. The third-order valence-electron chi connectivity index (χ3n) is 5.41. The minimum atomic E-state index is -0.165. The second kappa shape index (κ2) is 8.80. The highest BCUT2D eigenvalue weighted by Crippen LogP contribution is 2.26. The number of carbonyl (C=O) groups is 1. The molecule has 1 amide bonds. The third-order valence-corrected chi connectivity index (χ3v) is 5.41. The molecule has 29 heavy (non-hydrogen) atoms. The van der Waals surface area contributed by atoms with Gasteiger partial charge in [-0.05, 0) is 49.2 Å². The normalized spacial score (nSPS) is 13.6. The van der Waals surface area contributed by atoms with Gasteiger partial charge in [0, 0.05) is 20.1 Å². The van der Waals surface area contributed by atoms with Crippen LogP contribution in [0.15, 0.2) is 41.0 Å². The van der Waals surface area contributed by atoms with Gasteiger partial charge in [0.2, 0.25) is 0 Å². The SMILES string of the molecule is CCN1CCc2c(cccc2-n2nnc(C(=O)N(C)Cc3ccco3)c2C)C1.Cl. The topological polar surface area (TPSA) is 67.4 Å². The van der Waals surface area contributed by atoms with Gasteiger partial charge in [0.1, 0.15) is 5.76 Å². The molecule has 0 N–H and O–H groups in total. The number of carbonyl (C=O) groups excluding carboxylic acids is 1. The fourth-order valence-corrected chi connectivity index (χ4v) is 3.76. The average molecular weight is 416 g/mol. The molecule has 0 fully saturated rings. The Labute approximate surface area is 176 Å². The Morgan fingerprint density at radius 3 is 2.83 bits per heavy atom. The Kier molecular flexibility index (Phi) is 6.39. The highest BCUT2D eigenvalue weighted by atomic mass is 35.5. The van der Waals surface area contributed by atoms with Crippen LogP contribution in [-0.2, 0) is 19.5 Å². The van der Waals surface area contributed by atoms with E-state index in [2.05, 4.69) is 40.3 Å². The van der Waals surface area contributed by atoms with Gasteiger partial charge in [-0.3, -0.25) is 9.69 Å². The molecule has 3 aromatic rings. The van der Waals surface area contributed by atoms with Crippen molar-refractivity contribution in [1.29, 1.82) is 0 Å². The first kappa shape index (κ1) is 21.1. The maximum absolute atomic E-state index is 12.9.